The van der Waals surface area contributed by atoms with Crippen LogP contribution >= 0.6 is 0 Å². The van der Waals surface area contributed by atoms with E-state index < -0.39 is 0 Å². The van der Waals surface area contributed by atoms with E-state index in [4.69, 9.17) is 9.97 Å². The van der Waals surface area contributed by atoms with Gasteiger partial charge in [-0.25, -0.2) is 4.98 Å². The summed E-state index contributed by atoms with van der Waals surface area (Å²) < 4.78 is 2.36. The highest BCUT2D eigenvalue weighted by molar-refractivity contribution is 6.23. The lowest BCUT2D eigenvalue weighted by Gasteiger charge is -2.12. The van der Waals surface area contributed by atoms with Crippen molar-refractivity contribution in [2.24, 2.45) is 0 Å². The second-order valence-corrected chi connectivity index (χ2v) is 11.3. The van der Waals surface area contributed by atoms with Crippen molar-refractivity contribution in [2.75, 3.05) is 0 Å². The zero-order valence-corrected chi connectivity index (χ0v) is 25.3. The van der Waals surface area contributed by atoms with Crippen LogP contribution in [0.25, 0.3) is 66.4 Å². The number of nitrogens with zero attached hydrogens (tertiary/aromatic N) is 3. The Morgan fingerprint density at radius 3 is 2.00 bits per heavy atom. The van der Waals surface area contributed by atoms with Crippen LogP contribution in [0.1, 0.15) is 35.0 Å². The minimum atomic E-state index is 0.750. The van der Waals surface area contributed by atoms with Gasteiger partial charge in [0.25, 0.3) is 0 Å². The van der Waals surface area contributed by atoms with Crippen molar-refractivity contribution in [3.63, 3.8) is 0 Å². The zero-order chi connectivity index (χ0) is 30.4. The molecule has 7 aromatic rings. The number of fused-ring (bicyclic) bond motifs is 7. The number of para-hydroxylation sites is 1. The molecule has 0 amide bonds. The Labute approximate surface area is 257 Å². The maximum Gasteiger partial charge on any atom is 0.0979 e. The minimum absolute atomic E-state index is 0.750. The molecule has 0 unspecified atom stereocenters. The van der Waals surface area contributed by atoms with Gasteiger partial charge in [-0.1, -0.05) is 104 Å². The Bertz CT molecular complexity index is 2300. The van der Waals surface area contributed by atoms with Gasteiger partial charge < -0.3 is 4.57 Å². The second kappa shape index (κ2) is 10.9. The quantitative estimate of drug-likeness (QED) is 0.148. The minimum Gasteiger partial charge on any atom is -0.313 e. The smallest absolute Gasteiger partial charge is 0.0979 e. The van der Waals surface area contributed by atoms with E-state index in [0.29, 0.717) is 0 Å². The van der Waals surface area contributed by atoms with Crippen molar-refractivity contribution >= 4 is 60.7 Å². The first-order valence-corrected chi connectivity index (χ1v) is 14.9. The molecule has 0 fully saturated rings. The SMILES string of the molecule is C=C(/C=C\C(=C)c1cnc2c3ccccc3c3ccccc3c2n1)c1cc(C)c2c(c1)c(/C=C\C)c(C)n2-c1ccccc1. The Kier molecular flexibility index (Phi) is 6.79. The normalized spacial score (nSPS) is 12.0. The molecule has 0 atom stereocenters. The number of benzene rings is 5. The highest BCUT2D eigenvalue weighted by atomic mass is 15.0. The molecule has 212 valence electrons. The third-order valence-corrected chi connectivity index (χ3v) is 8.50. The molecule has 0 bridgehead atoms. The second-order valence-electron chi connectivity index (χ2n) is 11.3. The molecular weight excluding hydrogens is 534 g/mol. The van der Waals surface area contributed by atoms with Gasteiger partial charge in [0.1, 0.15) is 0 Å². The van der Waals surface area contributed by atoms with Gasteiger partial charge in [-0.15, -0.1) is 0 Å². The van der Waals surface area contributed by atoms with Crippen molar-refractivity contribution in [1.29, 1.82) is 0 Å². The van der Waals surface area contributed by atoms with Gasteiger partial charge in [-0.05, 0) is 78.1 Å². The first-order valence-electron chi connectivity index (χ1n) is 14.9. The first kappa shape index (κ1) is 27.3. The predicted octanol–water partition coefficient (Wildman–Crippen LogP) is 10.8. The van der Waals surface area contributed by atoms with E-state index in [1.165, 1.54) is 38.5 Å². The van der Waals surface area contributed by atoms with Crippen molar-refractivity contribution < 1.29 is 0 Å². The summed E-state index contributed by atoms with van der Waals surface area (Å²) in [5.41, 5.74) is 11.4. The van der Waals surface area contributed by atoms with Gasteiger partial charge >= 0.3 is 0 Å². The van der Waals surface area contributed by atoms with Gasteiger partial charge in [-0.3, -0.25) is 4.98 Å². The summed E-state index contributed by atoms with van der Waals surface area (Å²) in [6, 6.07) is 31.8. The van der Waals surface area contributed by atoms with Crippen LogP contribution in [-0.4, -0.2) is 14.5 Å². The highest BCUT2D eigenvalue weighted by Crippen LogP contribution is 2.36. The lowest BCUT2D eigenvalue weighted by atomic mass is 9.98. The summed E-state index contributed by atoms with van der Waals surface area (Å²) in [5.74, 6) is 0. The molecule has 2 aromatic heterocycles. The number of rotatable bonds is 6. The monoisotopic (exact) mass is 567 g/mol. The molecule has 7 rings (SSSR count). The molecular formula is C41H33N3. The number of allylic oxidation sites excluding steroid dienone is 5. The fourth-order valence-corrected chi connectivity index (χ4v) is 6.39. The van der Waals surface area contributed by atoms with Crippen LogP contribution < -0.4 is 0 Å². The topological polar surface area (TPSA) is 30.7 Å². The summed E-state index contributed by atoms with van der Waals surface area (Å²) in [6.07, 6.45) is 10.2. The van der Waals surface area contributed by atoms with Crippen molar-refractivity contribution in [2.45, 2.75) is 20.8 Å². The van der Waals surface area contributed by atoms with Crippen LogP contribution in [0.4, 0.5) is 0 Å². The van der Waals surface area contributed by atoms with E-state index in [-0.39, 0.29) is 0 Å². The molecule has 44 heavy (non-hydrogen) atoms. The van der Waals surface area contributed by atoms with E-state index in [1.807, 2.05) is 18.3 Å². The Morgan fingerprint density at radius 1 is 0.705 bits per heavy atom. The van der Waals surface area contributed by atoms with E-state index in [9.17, 15) is 0 Å². The molecule has 3 nitrogen and oxygen atoms in total. The fourth-order valence-electron chi connectivity index (χ4n) is 6.39. The van der Waals surface area contributed by atoms with Crippen molar-refractivity contribution in [3.05, 3.63) is 157 Å². The fraction of sp³-hybridized carbons (Fsp3) is 0.0732. The largest absolute Gasteiger partial charge is 0.313 e. The van der Waals surface area contributed by atoms with E-state index in [2.05, 4.69) is 142 Å². The summed E-state index contributed by atoms with van der Waals surface area (Å²) >= 11 is 0. The third-order valence-electron chi connectivity index (χ3n) is 8.50. The highest BCUT2D eigenvalue weighted by Gasteiger charge is 2.17. The van der Waals surface area contributed by atoms with Crippen LogP contribution in [0.5, 0.6) is 0 Å². The molecule has 0 N–H and O–H groups in total. The summed E-state index contributed by atoms with van der Waals surface area (Å²) in [4.78, 5) is 9.96. The molecule has 0 spiro atoms. The Balaban J connectivity index is 1.26. The van der Waals surface area contributed by atoms with Crippen molar-refractivity contribution in [1.82, 2.24) is 14.5 Å². The maximum atomic E-state index is 5.08. The lowest BCUT2D eigenvalue weighted by molar-refractivity contribution is 1.04. The van der Waals surface area contributed by atoms with Gasteiger partial charge in [0.15, 0.2) is 0 Å². The van der Waals surface area contributed by atoms with Crippen LogP contribution in [-0.2, 0) is 0 Å². The molecule has 5 aromatic carbocycles. The Hall–Kier alpha value is -5.54. The molecule has 3 heteroatoms. The molecule has 0 aliphatic rings. The van der Waals surface area contributed by atoms with Crippen LogP contribution in [0, 0.1) is 13.8 Å². The zero-order valence-electron chi connectivity index (χ0n) is 25.3. The standard InChI is InChI=1S/C41H33N3/c1-6-14-32-29(5)44(31-15-8-7-9-16-31)41-28(4)23-30(24-37(32)41)26(2)21-22-27(3)38-25-42-39-35-19-12-10-17-33(35)34-18-11-13-20-36(34)40(39)43-38/h6-25H,2-3H2,1,4-5H3/b14-6-,22-21-. The third kappa shape index (κ3) is 4.45. The molecule has 0 radical (unpaired) electrons. The van der Waals surface area contributed by atoms with Gasteiger partial charge in [0, 0.05) is 33.1 Å². The maximum absolute atomic E-state index is 5.08. The molecule has 0 aliphatic carbocycles. The Morgan fingerprint density at radius 2 is 1.32 bits per heavy atom. The average Bonchev–Trinajstić information content (AvgIpc) is 3.35. The summed E-state index contributed by atoms with van der Waals surface area (Å²) in [6.45, 7) is 15.2. The van der Waals surface area contributed by atoms with Crippen LogP contribution in [0.2, 0.25) is 0 Å². The number of aromatic nitrogens is 3. The lowest BCUT2D eigenvalue weighted by Crippen LogP contribution is -1.98. The molecule has 2 heterocycles. The van der Waals surface area contributed by atoms with Crippen molar-refractivity contribution in [3.8, 4) is 5.69 Å². The number of hydrogen-bond donors (Lipinski definition) is 0. The summed E-state index contributed by atoms with van der Waals surface area (Å²) in [5, 5.41) is 5.78. The van der Waals surface area contributed by atoms with Crippen LogP contribution in [0.3, 0.4) is 0 Å². The van der Waals surface area contributed by atoms with Gasteiger partial charge in [-0.2, -0.15) is 0 Å². The van der Waals surface area contributed by atoms with E-state index >= 15 is 0 Å². The van der Waals surface area contributed by atoms with E-state index in [1.54, 1.807) is 0 Å². The molecule has 0 aliphatic heterocycles. The molecule has 0 saturated carbocycles. The first-order chi connectivity index (χ1) is 21.5. The molecule has 0 saturated heterocycles. The number of hydrogen-bond acceptors (Lipinski definition) is 2. The van der Waals surface area contributed by atoms with Gasteiger partial charge in [0.2, 0.25) is 0 Å². The van der Waals surface area contributed by atoms with Gasteiger partial charge in [0.05, 0.1) is 28.4 Å². The van der Waals surface area contributed by atoms with E-state index in [0.717, 1.165) is 49.9 Å². The number of aryl methyl sites for hydroxylation is 1. The van der Waals surface area contributed by atoms with Crippen LogP contribution in [0.15, 0.2) is 129 Å². The predicted molar refractivity (Wildman–Crippen MR) is 189 cm³/mol. The summed E-state index contributed by atoms with van der Waals surface area (Å²) in [7, 11) is 0. The average molecular weight is 568 g/mol.